The zero-order valence-corrected chi connectivity index (χ0v) is 10.0. The summed E-state index contributed by atoms with van der Waals surface area (Å²) < 4.78 is 11.2. The number of hydrogen-bond acceptors (Lipinski definition) is 5. The summed E-state index contributed by atoms with van der Waals surface area (Å²) in [7, 11) is 0. The molecule has 0 bridgehead atoms. The van der Waals surface area contributed by atoms with Crippen LogP contribution in [0.5, 0.6) is 0 Å². The predicted octanol–water partition coefficient (Wildman–Crippen LogP) is 1.70. The van der Waals surface area contributed by atoms with Gasteiger partial charge in [-0.15, -0.1) is 0 Å². The maximum Gasteiger partial charge on any atom is 0.309 e. The van der Waals surface area contributed by atoms with Crippen LogP contribution in [0.25, 0.3) is 0 Å². The van der Waals surface area contributed by atoms with Gasteiger partial charge >= 0.3 is 5.97 Å². The third-order valence-electron chi connectivity index (χ3n) is 3.80. The van der Waals surface area contributed by atoms with Crippen molar-refractivity contribution in [3.63, 3.8) is 0 Å². The van der Waals surface area contributed by atoms with Crippen molar-refractivity contribution in [2.45, 2.75) is 69.5 Å². The van der Waals surface area contributed by atoms with Crippen LogP contribution in [-0.2, 0) is 24.0 Å². The molecule has 0 aromatic heterocycles. The Morgan fingerprint density at radius 2 is 2.00 bits per heavy atom. The number of esters is 1. The van der Waals surface area contributed by atoms with Gasteiger partial charge in [-0.3, -0.25) is 4.79 Å². The van der Waals surface area contributed by atoms with Crippen LogP contribution < -0.4 is 0 Å². The van der Waals surface area contributed by atoms with Gasteiger partial charge in [0.2, 0.25) is 5.79 Å². The van der Waals surface area contributed by atoms with E-state index in [1.54, 1.807) is 0 Å². The summed E-state index contributed by atoms with van der Waals surface area (Å²) in [6.07, 6.45) is 4.53. The molecule has 2 saturated heterocycles. The summed E-state index contributed by atoms with van der Waals surface area (Å²) in [5, 5.41) is 0. The Hall–Kier alpha value is -0.650. The van der Waals surface area contributed by atoms with Crippen LogP contribution in [0.15, 0.2) is 0 Å². The minimum Gasteiger partial charge on any atom is -0.457 e. The molecule has 1 spiro atoms. The Morgan fingerprint density at radius 3 is 2.76 bits per heavy atom. The van der Waals surface area contributed by atoms with Crippen LogP contribution in [0.4, 0.5) is 0 Å². The number of rotatable bonds is 0. The van der Waals surface area contributed by atoms with E-state index in [1.807, 2.05) is 6.92 Å². The second-order valence-corrected chi connectivity index (χ2v) is 5.17. The molecule has 3 aliphatic rings. The van der Waals surface area contributed by atoms with Crippen LogP contribution >= 0.6 is 0 Å². The summed E-state index contributed by atoms with van der Waals surface area (Å²) in [4.78, 5) is 22.1. The summed E-state index contributed by atoms with van der Waals surface area (Å²) in [6.45, 7) is 1.92. The lowest BCUT2D eigenvalue weighted by Crippen LogP contribution is -2.41. The number of fused-ring (bicyclic) bond motifs is 1. The fourth-order valence-corrected chi connectivity index (χ4v) is 2.91. The number of carbonyl (C=O) groups excluding carboxylic acids is 1. The molecule has 2 heterocycles. The van der Waals surface area contributed by atoms with E-state index in [9.17, 15) is 4.79 Å². The SMILES string of the molecule is C[C@@H]1OC2(CCCCC2)OO[C@@H]2CC(=O)O[C@H]12. The quantitative estimate of drug-likeness (QED) is 0.478. The first-order chi connectivity index (χ1) is 8.19. The van der Waals surface area contributed by atoms with Crippen molar-refractivity contribution < 1.29 is 24.0 Å². The standard InChI is InChI=1S/C12H18O5/c1-8-11-9(7-10(13)14-11)16-17-12(15-8)5-3-2-4-6-12/h8-9,11H,2-7H2,1H3/t8-,9+,11+/m0/s1. The molecular formula is C12H18O5. The zero-order valence-electron chi connectivity index (χ0n) is 10.0. The minimum absolute atomic E-state index is 0.174. The number of hydrogen-bond donors (Lipinski definition) is 0. The topological polar surface area (TPSA) is 54.0 Å². The van der Waals surface area contributed by atoms with E-state index in [1.165, 1.54) is 6.42 Å². The molecule has 3 rings (SSSR count). The van der Waals surface area contributed by atoms with Crippen molar-refractivity contribution in [3.05, 3.63) is 0 Å². The van der Waals surface area contributed by atoms with Crippen LogP contribution in [0.2, 0.25) is 0 Å². The highest BCUT2D eigenvalue weighted by Gasteiger charge is 2.49. The van der Waals surface area contributed by atoms with Crippen molar-refractivity contribution in [2.75, 3.05) is 0 Å². The summed E-state index contributed by atoms with van der Waals surface area (Å²) in [5.41, 5.74) is 0. The lowest BCUT2D eigenvalue weighted by molar-refractivity contribution is -0.437. The Morgan fingerprint density at radius 1 is 1.24 bits per heavy atom. The molecular weight excluding hydrogens is 224 g/mol. The highest BCUT2D eigenvalue weighted by molar-refractivity contribution is 5.72. The molecule has 2 aliphatic heterocycles. The van der Waals surface area contributed by atoms with E-state index in [0.717, 1.165) is 25.7 Å². The lowest BCUT2D eigenvalue weighted by Gasteiger charge is -2.35. The van der Waals surface area contributed by atoms with Crippen LogP contribution in [0.3, 0.4) is 0 Å². The maximum absolute atomic E-state index is 11.2. The Labute approximate surface area is 100 Å². The van der Waals surface area contributed by atoms with Gasteiger partial charge in [-0.2, -0.15) is 0 Å². The lowest BCUT2D eigenvalue weighted by atomic mass is 9.94. The molecule has 0 amide bonds. The zero-order chi connectivity index (χ0) is 11.9. The first-order valence-electron chi connectivity index (χ1n) is 6.40. The van der Waals surface area contributed by atoms with Crippen molar-refractivity contribution in [2.24, 2.45) is 0 Å². The van der Waals surface area contributed by atoms with Gasteiger partial charge < -0.3 is 9.47 Å². The van der Waals surface area contributed by atoms with Gasteiger partial charge in [0.1, 0.15) is 6.10 Å². The molecule has 0 unspecified atom stereocenters. The smallest absolute Gasteiger partial charge is 0.309 e. The van der Waals surface area contributed by atoms with Crippen LogP contribution in [0, 0.1) is 0 Å². The van der Waals surface area contributed by atoms with Gasteiger partial charge in [0.05, 0.1) is 12.5 Å². The third-order valence-corrected chi connectivity index (χ3v) is 3.80. The van der Waals surface area contributed by atoms with Gasteiger partial charge in [-0.25, -0.2) is 9.78 Å². The second-order valence-electron chi connectivity index (χ2n) is 5.17. The van der Waals surface area contributed by atoms with E-state index in [4.69, 9.17) is 19.2 Å². The van der Waals surface area contributed by atoms with Gasteiger partial charge in [-0.05, 0) is 19.8 Å². The summed E-state index contributed by atoms with van der Waals surface area (Å²) in [5.74, 6) is -0.854. The second kappa shape index (κ2) is 4.23. The van der Waals surface area contributed by atoms with Crippen LogP contribution in [0.1, 0.15) is 45.4 Å². The van der Waals surface area contributed by atoms with E-state index in [-0.39, 0.29) is 30.7 Å². The van der Waals surface area contributed by atoms with E-state index < -0.39 is 5.79 Å². The Bertz CT molecular complexity index is 310. The number of ether oxygens (including phenoxy) is 2. The normalized spacial score (nSPS) is 40.8. The minimum atomic E-state index is -0.617. The molecule has 3 atom stereocenters. The maximum atomic E-state index is 11.2. The average Bonchev–Trinajstić information content (AvgIpc) is 2.64. The monoisotopic (exact) mass is 242 g/mol. The number of carbonyl (C=O) groups is 1. The Balaban J connectivity index is 1.75. The van der Waals surface area contributed by atoms with Gasteiger partial charge in [0.15, 0.2) is 6.10 Å². The molecule has 0 aromatic carbocycles. The van der Waals surface area contributed by atoms with Gasteiger partial charge in [0.25, 0.3) is 0 Å². The van der Waals surface area contributed by atoms with Gasteiger partial charge in [0, 0.05) is 12.8 Å². The molecule has 5 nitrogen and oxygen atoms in total. The fourth-order valence-electron chi connectivity index (χ4n) is 2.91. The highest BCUT2D eigenvalue weighted by atomic mass is 17.2. The first kappa shape index (κ1) is 11.4. The third kappa shape index (κ3) is 2.07. The molecule has 1 saturated carbocycles. The van der Waals surface area contributed by atoms with Gasteiger partial charge in [-0.1, -0.05) is 6.42 Å². The van der Waals surface area contributed by atoms with E-state index >= 15 is 0 Å². The largest absolute Gasteiger partial charge is 0.457 e. The molecule has 1 aliphatic carbocycles. The van der Waals surface area contributed by atoms with Crippen molar-refractivity contribution in [1.29, 1.82) is 0 Å². The molecule has 0 radical (unpaired) electrons. The fraction of sp³-hybridized carbons (Fsp3) is 0.917. The summed E-state index contributed by atoms with van der Waals surface area (Å²) >= 11 is 0. The molecule has 17 heavy (non-hydrogen) atoms. The molecule has 3 fully saturated rings. The molecule has 96 valence electrons. The molecule has 0 aromatic rings. The van der Waals surface area contributed by atoms with Crippen molar-refractivity contribution in [1.82, 2.24) is 0 Å². The average molecular weight is 242 g/mol. The Kier molecular flexibility index (Phi) is 2.84. The summed E-state index contributed by atoms with van der Waals surface area (Å²) in [6, 6.07) is 0. The molecule has 5 heteroatoms. The van der Waals surface area contributed by atoms with Crippen LogP contribution in [-0.4, -0.2) is 30.1 Å². The first-order valence-corrected chi connectivity index (χ1v) is 6.40. The molecule has 0 N–H and O–H groups in total. The highest BCUT2D eigenvalue weighted by Crippen LogP contribution is 2.39. The van der Waals surface area contributed by atoms with Crippen molar-refractivity contribution in [3.8, 4) is 0 Å². The van der Waals surface area contributed by atoms with E-state index in [2.05, 4.69) is 0 Å². The predicted molar refractivity (Wildman–Crippen MR) is 56.8 cm³/mol. The van der Waals surface area contributed by atoms with Crippen molar-refractivity contribution >= 4 is 5.97 Å². The van der Waals surface area contributed by atoms with E-state index in [0.29, 0.717) is 0 Å².